The predicted octanol–water partition coefficient (Wildman–Crippen LogP) is 2.25. The molecule has 0 atom stereocenters. The second kappa shape index (κ2) is 5.28. The smallest absolute Gasteiger partial charge is 0.369 e. The highest BCUT2D eigenvalue weighted by molar-refractivity contribution is 7.05. The van der Waals surface area contributed by atoms with Crippen LogP contribution in [-0.4, -0.2) is 30.5 Å². The van der Waals surface area contributed by atoms with Crippen LogP contribution in [0.2, 0.25) is 0 Å². The zero-order valence-corrected chi connectivity index (χ0v) is 11.3. The van der Waals surface area contributed by atoms with Crippen LogP contribution >= 0.6 is 11.5 Å². The second-order valence-corrected chi connectivity index (χ2v) is 5.07. The van der Waals surface area contributed by atoms with Gasteiger partial charge in [0.1, 0.15) is 12.1 Å². The van der Waals surface area contributed by atoms with Crippen LogP contribution in [0.5, 0.6) is 0 Å². The third kappa shape index (κ3) is 2.94. The second-order valence-electron chi connectivity index (χ2n) is 4.15. The van der Waals surface area contributed by atoms with Crippen molar-refractivity contribution in [2.24, 2.45) is 0 Å². The molecular weight excluding hydrogens is 305 g/mol. The molecule has 0 saturated carbocycles. The molecule has 3 aromatic heterocycles. The molecule has 0 radical (unpaired) electrons. The molecule has 0 amide bonds. The van der Waals surface area contributed by atoms with Gasteiger partial charge in [0.15, 0.2) is 5.69 Å². The third-order valence-corrected chi connectivity index (χ3v) is 3.51. The van der Waals surface area contributed by atoms with Crippen molar-refractivity contribution in [3.05, 3.63) is 35.2 Å². The van der Waals surface area contributed by atoms with E-state index in [2.05, 4.69) is 24.8 Å². The van der Waals surface area contributed by atoms with Crippen LogP contribution in [0.1, 0.15) is 10.6 Å². The Bertz CT molecular complexity index is 736. The number of hydrogen-bond acceptors (Lipinski definition) is 6. The first-order chi connectivity index (χ1) is 10.0. The summed E-state index contributed by atoms with van der Waals surface area (Å²) in [6.07, 6.45) is -1.02. The van der Waals surface area contributed by atoms with Gasteiger partial charge in [-0.3, -0.25) is 0 Å². The van der Waals surface area contributed by atoms with Crippen LogP contribution < -0.4 is 5.32 Å². The lowest BCUT2D eigenvalue weighted by Gasteiger charge is -2.11. The van der Waals surface area contributed by atoms with Crippen LogP contribution in [0.25, 0.3) is 5.78 Å². The largest absolute Gasteiger partial charge is 0.433 e. The molecule has 0 saturated heterocycles. The van der Waals surface area contributed by atoms with Gasteiger partial charge in [-0.1, -0.05) is 0 Å². The lowest BCUT2D eigenvalue weighted by Crippen LogP contribution is -2.14. The maximum absolute atomic E-state index is 12.8. The van der Waals surface area contributed by atoms with Crippen molar-refractivity contribution >= 4 is 23.1 Å². The molecule has 110 valence electrons. The highest BCUT2D eigenvalue weighted by Gasteiger charge is 2.34. The summed E-state index contributed by atoms with van der Waals surface area (Å²) in [4.78, 5) is 8.19. The number of fused-ring (bicyclic) bond motifs is 1. The zero-order valence-electron chi connectivity index (χ0n) is 10.5. The van der Waals surface area contributed by atoms with Gasteiger partial charge in [-0.05, 0) is 17.6 Å². The molecule has 0 aliphatic heterocycles. The van der Waals surface area contributed by atoms with Crippen molar-refractivity contribution < 1.29 is 13.2 Å². The van der Waals surface area contributed by atoms with E-state index in [1.165, 1.54) is 16.0 Å². The Balaban J connectivity index is 1.84. The minimum absolute atomic E-state index is 0.0925. The van der Waals surface area contributed by atoms with Gasteiger partial charge >= 0.3 is 6.18 Å². The number of rotatable bonds is 4. The van der Waals surface area contributed by atoms with Gasteiger partial charge in [0, 0.05) is 30.1 Å². The van der Waals surface area contributed by atoms with Gasteiger partial charge in [0.25, 0.3) is 5.78 Å². The number of anilines is 1. The van der Waals surface area contributed by atoms with Crippen LogP contribution in [0.3, 0.4) is 0 Å². The Kier molecular flexibility index (Phi) is 3.45. The Morgan fingerprint density at radius 1 is 1.33 bits per heavy atom. The lowest BCUT2D eigenvalue weighted by atomic mass is 10.3. The normalized spacial score (nSPS) is 12.0. The number of alkyl halides is 3. The third-order valence-electron chi connectivity index (χ3n) is 2.71. The van der Waals surface area contributed by atoms with Crippen molar-refractivity contribution in [1.29, 1.82) is 0 Å². The molecule has 0 unspecified atom stereocenters. The van der Waals surface area contributed by atoms with E-state index in [0.717, 1.165) is 17.3 Å². The maximum Gasteiger partial charge on any atom is 0.433 e. The van der Waals surface area contributed by atoms with Crippen molar-refractivity contribution in [2.75, 3.05) is 11.9 Å². The zero-order chi connectivity index (χ0) is 14.9. The van der Waals surface area contributed by atoms with Crippen molar-refractivity contribution in [1.82, 2.24) is 24.0 Å². The van der Waals surface area contributed by atoms with Crippen LogP contribution in [0.15, 0.2) is 24.7 Å². The van der Waals surface area contributed by atoms with Crippen molar-refractivity contribution in [3.8, 4) is 0 Å². The van der Waals surface area contributed by atoms with E-state index in [-0.39, 0.29) is 11.6 Å². The summed E-state index contributed by atoms with van der Waals surface area (Å²) in [5.74, 6) is 0.111. The predicted molar refractivity (Wildman–Crippen MR) is 70.1 cm³/mol. The highest BCUT2D eigenvalue weighted by atomic mass is 32.1. The fourth-order valence-corrected chi connectivity index (χ4v) is 2.34. The Morgan fingerprint density at radius 3 is 2.90 bits per heavy atom. The van der Waals surface area contributed by atoms with Crippen molar-refractivity contribution in [3.63, 3.8) is 0 Å². The van der Waals surface area contributed by atoms with E-state index in [1.54, 1.807) is 6.20 Å². The van der Waals surface area contributed by atoms with Gasteiger partial charge < -0.3 is 5.32 Å². The Hall–Kier alpha value is -2.23. The Morgan fingerprint density at radius 2 is 2.19 bits per heavy atom. The molecule has 0 spiro atoms. The number of nitrogens with one attached hydrogen (secondary N) is 1. The van der Waals surface area contributed by atoms with Gasteiger partial charge in [0.2, 0.25) is 0 Å². The van der Waals surface area contributed by atoms with E-state index in [1.807, 2.05) is 6.07 Å². The van der Waals surface area contributed by atoms with Crippen molar-refractivity contribution in [2.45, 2.75) is 12.6 Å². The summed E-state index contributed by atoms with van der Waals surface area (Å²) in [6, 6.07) is 2.79. The van der Waals surface area contributed by atoms with Crippen LogP contribution in [0.4, 0.5) is 19.0 Å². The topological polar surface area (TPSA) is 68.0 Å². The van der Waals surface area contributed by atoms with Gasteiger partial charge in [0.05, 0.1) is 0 Å². The van der Waals surface area contributed by atoms with E-state index < -0.39 is 11.9 Å². The molecule has 3 aromatic rings. The Labute approximate surface area is 120 Å². The maximum atomic E-state index is 12.8. The first-order valence-corrected chi connectivity index (χ1v) is 6.73. The van der Waals surface area contributed by atoms with Crippen LogP contribution in [0, 0.1) is 0 Å². The summed E-state index contributed by atoms with van der Waals surface area (Å²) in [5.41, 5.74) is -0.997. The number of halogens is 3. The molecular formula is C11H9F3N6S. The number of nitrogens with zero attached hydrogens (tertiary/aromatic N) is 5. The first-order valence-electron chi connectivity index (χ1n) is 5.95. The van der Waals surface area contributed by atoms with Gasteiger partial charge in [-0.2, -0.15) is 27.8 Å². The summed E-state index contributed by atoms with van der Waals surface area (Å²) in [7, 11) is 0. The molecule has 0 fully saturated rings. The molecule has 10 heteroatoms. The standard InChI is InChI=1S/C11H9F3N6S/c12-11(13,14)8-5-9(20-10(19-8)16-6-17-20)15-3-1-7-2-4-18-21-7/h2,4-6,15H,1,3H2. The molecule has 6 nitrogen and oxygen atoms in total. The molecule has 3 heterocycles. The molecule has 3 rings (SSSR count). The monoisotopic (exact) mass is 314 g/mol. The average molecular weight is 314 g/mol. The van der Waals surface area contributed by atoms with E-state index in [0.29, 0.717) is 13.0 Å². The lowest BCUT2D eigenvalue weighted by molar-refractivity contribution is -0.141. The molecule has 0 aromatic carbocycles. The molecule has 0 bridgehead atoms. The minimum atomic E-state index is -4.53. The van der Waals surface area contributed by atoms with Crippen LogP contribution in [-0.2, 0) is 12.6 Å². The summed E-state index contributed by atoms with van der Waals surface area (Å²) in [5, 5.41) is 6.78. The highest BCUT2D eigenvalue weighted by Crippen LogP contribution is 2.29. The van der Waals surface area contributed by atoms with E-state index >= 15 is 0 Å². The summed E-state index contributed by atoms with van der Waals surface area (Å²) >= 11 is 1.35. The first kappa shape index (κ1) is 13.7. The quantitative estimate of drug-likeness (QED) is 0.800. The number of hydrogen-bond donors (Lipinski definition) is 1. The van der Waals surface area contributed by atoms with E-state index in [9.17, 15) is 13.2 Å². The molecule has 21 heavy (non-hydrogen) atoms. The number of aromatic nitrogens is 5. The summed E-state index contributed by atoms with van der Waals surface area (Å²) < 4.78 is 43.6. The van der Waals surface area contributed by atoms with E-state index in [4.69, 9.17) is 0 Å². The van der Waals surface area contributed by atoms with Gasteiger partial charge in [-0.25, -0.2) is 9.36 Å². The molecule has 0 aliphatic rings. The fraction of sp³-hybridized carbons (Fsp3) is 0.273. The summed E-state index contributed by atoms with van der Waals surface area (Å²) in [6.45, 7) is 0.457. The fourth-order valence-electron chi connectivity index (χ4n) is 1.77. The SMILES string of the molecule is FC(F)(F)c1cc(NCCc2ccns2)n2ncnc2n1. The molecule has 0 aliphatic carbocycles. The van der Waals surface area contributed by atoms with Gasteiger partial charge in [-0.15, -0.1) is 0 Å². The molecule has 1 N–H and O–H groups in total. The average Bonchev–Trinajstić information content (AvgIpc) is 3.07. The minimum Gasteiger partial charge on any atom is -0.369 e.